The first kappa shape index (κ1) is 15.1. The van der Waals surface area contributed by atoms with Crippen molar-refractivity contribution in [1.82, 2.24) is 14.8 Å². The maximum atomic E-state index is 12.2. The molecule has 0 aromatic carbocycles. The number of rotatable bonds is 6. The van der Waals surface area contributed by atoms with Crippen LogP contribution in [0.2, 0.25) is 0 Å². The summed E-state index contributed by atoms with van der Waals surface area (Å²) in [4.78, 5) is 17.7. The summed E-state index contributed by atoms with van der Waals surface area (Å²) in [6.07, 6.45) is 4.91. The van der Waals surface area contributed by atoms with Crippen molar-refractivity contribution in [2.45, 2.75) is 6.67 Å². The summed E-state index contributed by atoms with van der Waals surface area (Å²) in [6.45, 7) is 0.178. The maximum Gasteiger partial charge on any atom is 0.243 e. The van der Waals surface area contributed by atoms with Gasteiger partial charge in [0, 0.05) is 24.7 Å². The SMILES string of the molecule is COc1ccnc(OC)c1N(Cn1cccn1)C(=O)CCl. The molecule has 0 saturated carbocycles. The smallest absolute Gasteiger partial charge is 0.243 e. The van der Waals surface area contributed by atoms with Gasteiger partial charge in [0.2, 0.25) is 11.8 Å². The summed E-state index contributed by atoms with van der Waals surface area (Å²) in [5.41, 5.74) is 0.420. The Balaban J connectivity index is 2.47. The Morgan fingerprint density at radius 2 is 2.19 bits per heavy atom. The number of carbonyl (C=O) groups excluding carboxylic acids is 1. The van der Waals surface area contributed by atoms with Crippen molar-refractivity contribution >= 4 is 23.2 Å². The molecule has 0 fully saturated rings. The fourth-order valence-corrected chi connectivity index (χ4v) is 2.00. The molecule has 0 aliphatic heterocycles. The van der Waals surface area contributed by atoms with Gasteiger partial charge in [0.05, 0.1) is 14.2 Å². The minimum atomic E-state index is -0.309. The molecule has 0 spiro atoms. The van der Waals surface area contributed by atoms with Gasteiger partial charge >= 0.3 is 0 Å². The van der Waals surface area contributed by atoms with E-state index in [1.165, 1.54) is 19.1 Å². The first-order valence-corrected chi connectivity index (χ1v) is 6.65. The monoisotopic (exact) mass is 310 g/mol. The highest BCUT2D eigenvalue weighted by atomic mass is 35.5. The first-order valence-electron chi connectivity index (χ1n) is 6.12. The minimum absolute atomic E-state index is 0.178. The van der Waals surface area contributed by atoms with Crippen molar-refractivity contribution in [3.05, 3.63) is 30.7 Å². The van der Waals surface area contributed by atoms with Crippen LogP contribution in [-0.4, -0.2) is 40.8 Å². The van der Waals surface area contributed by atoms with Gasteiger partial charge in [-0.25, -0.2) is 4.98 Å². The molecule has 2 aromatic rings. The number of amides is 1. The molecule has 2 rings (SSSR count). The van der Waals surface area contributed by atoms with Crippen molar-refractivity contribution in [1.29, 1.82) is 0 Å². The third kappa shape index (κ3) is 3.25. The number of pyridine rings is 1. The molecule has 112 valence electrons. The van der Waals surface area contributed by atoms with Gasteiger partial charge in [0.25, 0.3) is 0 Å². The average molecular weight is 311 g/mol. The van der Waals surface area contributed by atoms with Crippen LogP contribution in [0.4, 0.5) is 5.69 Å². The third-order valence-corrected chi connectivity index (χ3v) is 3.03. The Bertz CT molecular complexity index is 581. The topological polar surface area (TPSA) is 69.5 Å². The molecular weight excluding hydrogens is 296 g/mol. The molecule has 8 heteroatoms. The van der Waals surface area contributed by atoms with Gasteiger partial charge < -0.3 is 9.47 Å². The zero-order valence-corrected chi connectivity index (χ0v) is 12.4. The molecule has 0 N–H and O–H groups in total. The van der Waals surface area contributed by atoms with E-state index in [-0.39, 0.29) is 24.3 Å². The van der Waals surface area contributed by atoms with E-state index in [0.29, 0.717) is 11.4 Å². The highest BCUT2D eigenvalue weighted by molar-refractivity contribution is 6.29. The van der Waals surface area contributed by atoms with Gasteiger partial charge in [-0.2, -0.15) is 5.10 Å². The van der Waals surface area contributed by atoms with Crippen molar-refractivity contribution < 1.29 is 14.3 Å². The zero-order valence-electron chi connectivity index (χ0n) is 11.7. The molecule has 1 amide bonds. The van der Waals surface area contributed by atoms with Crippen LogP contribution in [-0.2, 0) is 11.5 Å². The Morgan fingerprint density at radius 3 is 2.76 bits per heavy atom. The molecule has 0 bridgehead atoms. The van der Waals surface area contributed by atoms with Gasteiger partial charge in [-0.05, 0) is 6.07 Å². The number of alkyl halides is 1. The van der Waals surface area contributed by atoms with Crippen LogP contribution in [0.15, 0.2) is 30.7 Å². The standard InChI is InChI=1S/C13H15ClN4O3/c1-20-10-4-6-15-13(21-2)12(10)18(11(19)8-14)9-17-7-3-5-16-17/h3-7H,8-9H2,1-2H3. The molecule has 2 heterocycles. The molecule has 0 unspecified atom stereocenters. The quantitative estimate of drug-likeness (QED) is 0.757. The minimum Gasteiger partial charge on any atom is -0.494 e. The first-order chi connectivity index (χ1) is 10.2. The van der Waals surface area contributed by atoms with E-state index < -0.39 is 0 Å². The zero-order chi connectivity index (χ0) is 15.2. The van der Waals surface area contributed by atoms with E-state index in [1.807, 2.05) is 0 Å². The maximum absolute atomic E-state index is 12.2. The van der Waals surface area contributed by atoms with Gasteiger partial charge in [0.1, 0.15) is 18.3 Å². The number of hydrogen-bond acceptors (Lipinski definition) is 5. The second-order valence-corrected chi connectivity index (χ2v) is 4.28. The van der Waals surface area contributed by atoms with Crippen LogP contribution in [0.5, 0.6) is 11.6 Å². The van der Waals surface area contributed by atoms with Gasteiger partial charge in [0.15, 0.2) is 5.69 Å². The van der Waals surface area contributed by atoms with Crippen LogP contribution in [0, 0.1) is 0 Å². The second-order valence-electron chi connectivity index (χ2n) is 4.01. The summed E-state index contributed by atoms with van der Waals surface area (Å²) in [6, 6.07) is 3.41. The number of nitrogens with zero attached hydrogens (tertiary/aromatic N) is 4. The van der Waals surface area contributed by atoms with Gasteiger partial charge in [-0.1, -0.05) is 0 Å². The molecule has 7 nitrogen and oxygen atoms in total. The number of ether oxygens (including phenoxy) is 2. The van der Waals surface area contributed by atoms with Crippen LogP contribution < -0.4 is 14.4 Å². The molecular formula is C13H15ClN4O3. The van der Waals surface area contributed by atoms with E-state index in [4.69, 9.17) is 21.1 Å². The number of hydrogen-bond donors (Lipinski definition) is 0. The summed E-state index contributed by atoms with van der Waals surface area (Å²) < 4.78 is 12.1. The van der Waals surface area contributed by atoms with Crippen molar-refractivity contribution in [2.24, 2.45) is 0 Å². The lowest BCUT2D eigenvalue weighted by Crippen LogP contribution is -2.34. The number of carbonyl (C=O) groups is 1. The largest absolute Gasteiger partial charge is 0.494 e. The fourth-order valence-electron chi connectivity index (χ4n) is 1.86. The Hall–Kier alpha value is -2.28. The van der Waals surface area contributed by atoms with Crippen LogP contribution in [0.25, 0.3) is 0 Å². The van der Waals surface area contributed by atoms with Crippen molar-refractivity contribution in [2.75, 3.05) is 25.0 Å². The lowest BCUT2D eigenvalue weighted by Gasteiger charge is -2.24. The Kier molecular flexibility index (Phi) is 4.99. The van der Waals surface area contributed by atoms with Crippen molar-refractivity contribution in [3.63, 3.8) is 0 Å². The lowest BCUT2D eigenvalue weighted by molar-refractivity contribution is -0.116. The van der Waals surface area contributed by atoms with Crippen LogP contribution in [0.1, 0.15) is 0 Å². The summed E-state index contributed by atoms with van der Waals surface area (Å²) in [7, 11) is 2.98. The number of halogens is 1. The second kappa shape index (κ2) is 6.94. The average Bonchev–Trinajstić information content (AvgIpc) is 3.04. The van der Waals surface area contributed by atoms with Crippen LogP contribution in [0.3, 0.4) is 0 Å². The number of aromatic nitrogens is 3. The predicted molar refractivity (Wildman–Crippen MR) is 77.8 cm³/mol. The highest BCUT2D eigenvalue weighted by Gasteiger charge is 2.24. The number of methoxy groups -OCH3 is 2. The van der Waals surface area contributed by atoms with E-state index in [9.17, 15) is 4.79 Å². The fraction of sp³-hybridized carbons (Fsp3) is 0.308. The predicted octanol–water partition coefficient (Wildman–Crippen LogP) is 1.52. The number of anilines is 1. The molecule has 0 saturated heterocycles. The molecule has 0 atom stereocenters. The van der Waals surface area contributed by atoms with Crippen LogP contribution >= 0.6 is 11.6 Å². The third-order valence-electron chi connectivity index (χ3n) is 2.80. The normalized spacial score (nSPS) is 10.2. The lowest BCUT2D eigenvalue weighted by atomic mass is 10.3. The Labute approximate surface area is 127 Å². The molecule has 0 aliphatic rings. The van der Waals surface area contributed by atoms with Crippen molar-refractivity contribution in [3.8, 4) is 11.6 Å². The summed E-state index contributed by atoms with van der Waals surface area (Å²) >= 11 is 5.70. The van der Waals surface area contributed by atoms with E-state index in [1.54, 1.807) is 35.4 Å². The van der Waals surface area contributed by atoms with E-state index in [2.05, 4.69) is 10.1 Å². The molecule has 21 heavy (non-hydrogen) atoms. The molecule has 0 aliphatic carbocycles. The summed E-state index contributed by atoms with van der Waals surface area (Å²) in [5.74, 6) is 0.256. The molecule has 0 radical (unpaired) electrons. The van der Waals surface area contributed by atoms with Gasteiger partial charge in [-0.15, -0.1) is 11.6 Å². The Morgan fingerprint density at radius 1 is 1.38 bits per heavy atom. The summed E-state index contributed by atoms with van der Waals surface area (Å²) in [5, 5.41) is 4.09. The highest BCUT2D eigenvalue weighted by Crippen LogP contribution is 2.36. The molecule has 2 aromatic heterocycles. The van der Waals surface area contributed by atoms with E-state index in [0.717, 1.165) is 0 Å². The van der Waals surface area contributed by atoms with Gasteiger partial charge in [-0.3, -0.25) is 14.4 Å². The van der Waals surface area contributed by atoms with E-state index >= 15 is 0 Å².